The lowest BCUT2D eigenvalue weighted by molar-refractivity contribution is -0.114. The molecule has 0 radical (unpaired) electrons. The largest absolute Gasteiger partial charge is 0.326 e. The zero-order valence-corrected chi connectivity index (χ0v) is 13.4. The number of halogens is 1. The van der Waals surface area contributed by atoms with Crippen LogP contribution >= 0.6 is 11.3 Å². The van der Waals surface area contributed by atoms with Crippen molar-refractivity contribution in [3.8, 4) is 10.6 Å². The Labute approximate surface area is 140 Å². The number of nitrogens with one attached hydrogen (secondary N) is 3. The van der Waals surface area contributed by atoms with Gasteiger partial charge < -0.3 is 10.6 Å². The van der Waals surface area contributed by atoms with Crippen LogP contribution in [0.5, 0.6) is 0 Å². The second-order valence-corrected chi connectivity index (χ2v) is 5.92. The standard InChI is InChI=1S/C16H13FN4O2S/c1-9(22)18-10-4-5-11(17)12(7-10)19-16(23)14-8-13(20-21-14)15-3-2-6-24-15/h2-8H,1H3,(H,18,22)(H,19,23)(H,20,21). The molecule has 0 unspecified atom stereocenters. The molecule has 0 saturated heterocycles. The predicted molar refractivity (Wildman–Crippen MR) is 90.6 cm³/mol. The summed E-state index contributed by atoms with van der Waals surface area (Å²) in [4.78, 5) is 24.2. The van der Waals surface area contributed by atoms with E-state index in [1.165, 1.54) is 36.5 Å². The third kappa shape index (κ3) is 3.49. The quantitative estimate of drug-likeness (QED) is 0.677. The lowest BCUT2D eigenvalue weighted by Crippen LogP contribution is -2.14. The molecule has 0 aliphatic rings. The van der Waals surface area contributed by atoms with E-state index in [2.05, 4.69) is 20.8 Å². The van der Waals surface area contributed by atoms with Crippen molar-refractivity contribution < 1.29 is 14.0 Å². The number of thiophene rings is 1. The molecule has 1 aromatic carbocycles. The molecule has 8 heteroatoms. The van der Waals surface area contributed by atoms with E-state index in [1.807, 2.05) is 17.5 Å². The van der Waals surface area contributed by atoms with Gasteiger partial charge >= 0.3 is 0 Å². The summed E-state index contributed by atoms with van der Waals surface area (Å²) in [6, 6.07) is 9.32. The predicted octanol–water partition coefficient (Wildman–Crippen LogP) is 3.49. The lowest BCUT2D eigenvalue weighted by atomic mass is 10.2. The maximum absolute atomic E-state index is 13.9. The van der Waals surface area contributed by atoms with E-state index in [4.69, 9.17) is 0 Å². The maximum Gasteiger partial charge on any atom is 0.276 e. The molecule has 3 rings (SSSR count). The number of anilines is 2. The molecule has 3 N–H and O–H groups in total. The molecule has 2 amide bonds. The van der Waals surface area contributed by atoms with Crippen molar-refractivity contribution in [1.29, 1.82) is 0 Å². The molecule has 2 aromatic heterocycles. The molecule has 0 saturated carbocycles. The number of amides is 2. The van der Waals surface area contributed by atoms with Gasteiger partial charge in [-0.15, -0.1) is 11.3 Å². The minimum absolute atomic E-state index is 0.0353. The van der Waals surface area contributed by atoms with E-state index >= 15 is 0 Å². The van der Waals surface area contributed by atoms with E-state index in [0.717, 1.165) is 4.88 Å². The van der Waals surface area contributed by atoms with E-state index in [0.29, 0.717) is 11.4 Å². The molecule has 0 spiro atoms. The van der Waals surface area contributed by atoms with Crippen LogP contribution in [0, 0.1) is 5.82 Å². The number of aromatic amines is 1. The molecule has 122 valence electrons. The van der Waals surface area contributed by atoms with Gasteiger partial charge in [-0.25, -0.2) is 4.39 Å². The van der Waals surface area contributed by atoms with Gasteiger partial charge in [0.25, 0.3) is 5.91 Å². The van der Waals surface area contributed by atoms with Crippen molar-refractivity contribution in [3.05, 3.63) is 53.3 Å². The topological polar surface area (TPSA) is 86.9 Å². The van der Waals surface area contributed by atoms with Crippen molar-refractivity contribution in [3.63, 3.8) is 0 Å². The third-order valence-electron chi connectivity index (χ3n) is 3.13. The molecular weight excluding hydrogens is 331 g/mol. The average molecular weight is 344 g/mol. The highest BCUT2D eigenvalue weighted by atomic mass is 32.1. The number of rotatable bonds is 4. The van der Waals surface area contributed by atoms with E-state index in [-0.39, 0.29) is 17.3 Å². The van der Waals surface area contributed by atoms with Crippen molar-refractivity contribution in [1.82, 2.24) is 10.2 Å². The molecule has 0 atom stereocenters. The number of benzene rings is 1. The van der Waals surface area contributed by atoms with Crippen molar-refractivity contribution in [2.45, 2.75) is 6.92 Å². The van der Waals surface area contributed by atoms with Crippen LogP contribution in [0.4, 0.5) is 15.8 Å². The zero-order chi connectivity index (χ0) is 17.1. The Kier molecular flexibility index (Phi) is 4.39. The summed E-state index contributed by atoms with van der Waals surface area (Å²) < 4.78 is 13.9. The molecule has 24 heavy (non-hydrogen) atoms. The van der Waals surface area contributed by atoms with Gasteiger partial charge in [-0.2, -0.15) is 5.10 Å². The number of aromatic nitrogens is 2. The zero-order valence-electron chi connectivity index (χ0n) is 12.6. The SMILES string of the molecule is CC(=O)Nc1ccc(F)c(NC(=O)c2cc(-c3cccs3)[nH]n2)c1. The second kappa shape index (κ2) is 6.63. The Hall–Kier alpha value is -3.00. The fraction of sp³-hybridized carbons (Fsp3) is 0.0625. The Balaban J connectivity index is 1.78. The Morgan fingerprint density at radius 2 is 2.04 bits per heavy atom. The van der Waals surface area contributed by atoms with E-state index < -0.39 is 11.7 Å². The van der Waals surface area contributed by atoms with Crippen LogP contribution in [0.15, 0.2) is 41.8 Å². The average Bonchev–Trinajstić information content (AvgIpc) is 3.20. The molecule has 0 aliphatic carbocycles. The fourth-order valence-corrected chi connectivity index (χ4v) is 2.78. The summed E-state index contributed by atoms with van der Waals surface area (Å²) >= 11 is 1.51. The molecule has 6 nitrogen and oxygen atoms in total. The van der Waals surface area contributed by atoms with Crippen LogP contribution in [0.2, 0.25) is 0 Å². The maximum atomic E-state index is 13.9. The van der Waals surface area contributed by atoms with Gasteiger partial charge in [0.05, 0.1) is 16.3 Å². The highest BCUT2D eigenvalue weighted by molar-refractivity contribution is 7.13. The highest BCUT2D eigenvalue weighted by Gasteiger charge is 2.14. The first-order valence-electron chi connectivity index (χ1n) is 7.00. The van der Waals surface area contributed by atoms with Gasteiger partial charge in [-0.3, -0.25) is 14.7 Å². The first kappa shape index (κ1) is 15.9. The van der Waals surface area contributed by atoms with E-state index in [9.17, 15) is 14.0 Å². The van der Waals surface area contributed by atoms with Crippen LogP contribution in [-0.4, -0.2) is 22.0 Å². The number of H-pyrrole nitrogens is 1. The molecule has 0 aliphatic heterocycles. The number of hydrogen-bond acceptors (Lipinski definition) is 4. The number of hydrogen-bond donors (Lipinski definition) is 3. The van der Waals surface area contributed by atoms with Gasteiger partial charge in [0, 0.05) is 12.6 Å². The molecular formula is C16H13FN4O2S. The first-order chi connectivity index (χ1) is 11.5. The first-order valence-corrected chi connectivity index (χ1v) is 7.88. The highest BCUT2D eigenvalue weighted by Crippen LogP contribution is 2.24. The van der Waals surface area contributed by atoms with Gasteiger partial charge in [-0.05, 0) is 35.7 Å². The molecule has 3 aromatic rings. The van der Waals surface area contributed by atoms with Crippen LogP contribution < -0.4 is 10.6 Å². The van der Waals surface area contributed by atoms with Crippen molar-refractivity contribution >= 4 is 34.5 Å². The molecule has 0 bridgehead atoms. The normalized spacial score (nSPS) is 10.4. The minimum Gasteiger partial charge on any atom is -0.326 e. The van der Waals surface area contributed by atoms with Crippen molar-refractivity contribution in [2.75, 3.05) is 10.6 Å². The molecule has 2 heterocycles. The fourth-order valence-electron chi connectivity index (χ4n) is 2.08. The number of nitrogens with zero attached hydrogens (tertiary/aromatic N) is 1. The van der Waals surface area contributed by atoms with Crippen molar-refractivity contribution in [2.24, 2.45) is 0 Å². The summed E-state index contributed by atoms with van der Waals surface area (Å²) in [6.45, 7) is 1.34. The summed E-state index contributed by atoms with van der Waals surface area (Å²) in [5.74, 6) is -1.44. The summed E-state index contributed by atoms with van der Waals surface area (Å²) in [6.07, 6.45) is 0. The Bertz CT molecular complexity index is 889. The minimum atomic E-state index is -0.605. The smallest absolute Gasteiger partial charge is 0.276 e. The van der Waals surface area contributed by atoms with Gasteiger partial charge in [0.1, 0.15) is 5.82 Å². The summed E-state index contributed by atoms with van der Waals surface area (Å²) in [7, 11) is 0. The second-order valence-electron chi connectivity index (χ2n) is 4.97. The Morgan fingerprint density at radius 3 is 2.75 bits per heavy atom. The number of carbonyl (C=O) groups excluding carboxylic acids is 2. The van der Waals surface area contributed by atoms with Crippen LogP contribution in [-0.2, 0) is 4.79 Å². The van der Waals surface area contributed by atoms with Crippen LogP contribution in [0.25, 0.3) is 10.6 Å². The lowest BCUT2D eigenvalue weighted by Gasteiger charge is -2.08. The molecule has 0 fully saturated rings. The van der Waals surface area contributed by atoms with Gasteiger partial charge in [0.15, 0.2) is 5.69 Å². The van der Waals surface area contributed by atoms with Gasteiger partial charge in [0.2, 0.25) is 5.91 Å². The summed E-state index contributed by atoms with van der Waals surface area (Å²) in [5.41, 5.74) is 1.21. The Morgan fingerprint density at radius 1 is 1.21 bits per heavy atom. The van der Waals surface area contributed by atoms with Gasteiger partial charge in [-0.1, -0.05) is 6.07 Å². The van der Waals surface area contributed by atoms with E-state index in [1.54, 1.807) is 6.07 Å². The third-order valence-corrected chi connectivity index (χ3v) is 4.04. The van der Waals surface area contributed by atoms with Crippen LogP contribution in [0.1, 0.15) is 17.4 Å². The monoisotopic (exact) mass is 344 g/mol. The number of carbonyl (C=O) groups is 2. The van der Waals surface area contributed by atoms with Crippen LogP contribution in [0.3, 0.4) is 0 Å². The summed E-state index contributed by atoms with van der Waals surface area (Å²) in [5, 5.41) is 13.6.